The third-order valence-corrected chi connectivity index (χ3v) is 1.76. The summed E-state index contributed by atoms with van der Waals surface area (Å²) >= 11 is 0. The zero-order chi connectivity index (χ0) is 7.84. The number of aryl methyl sites for hydroxylation is 2. The molecule has 2 heterocycles. The normalized spacial score (nSPS) is 10.7. The van der Waals surface area contributed by atoms with Gasteiger partial charge in [-0.2, -0.15) is 0 Å². The summed E-state index contributed by atoms with van der Waals surface area (Å²) in [5.41, 5.74) is 3.05. The summed E-state index contributed by atoms with van der Waals surface area (Å²) in [7, 11) is 0. The lowest BCUT2D eigenvalue weighted by Crippen LogP contribution is -1.76. The maximum Gasteiger partial charge on any atom is 0.226 e. The molecular weight excluding hydrogens is 138 g/mol. The van der Waals surface area contributed by atoms with Gasteiger partial charge in [-0.15, -0.1) is 0 Å². The average molecular weight is 147 g/mol. The molecule has 0 fully saturated rings. The first-order chi connectivity index (χ1) is 5.27. The molecule has 2 aromatic heterocycles. The molecule has 0 unspecified atom stereocenters. The molecule has 56 valence electrons. The van der Waals surface area contributed by atoms with Gasteiger partial charge < -0.3 is 4.42 Å². The minimum absolute atomic E-state index is 0.730. The maximum absolute atomic E-state index is 5.19. The monoisotopic (exact) mass is 147 g/mol. The first kappa shape index (κ1) is 6.40. The van der Waals surface area contributed by atoms with E-state index in [1.54, 1.807) is 6.26 Å². The quantitative estimate of drug-likeness (QED) is 0.572. The van der Waals surface area contributed by atoms with Crippen molar-refractivity contribution in [1.29, 1.82) is 0 Å². The van der Waals surface area contributed by atoms with Gasteiger partial charge in [-0.05, 0) is 31.0 Å². The molecule has 2 aromatic rings. The summed E-state index contributed by atoms with van der Waals surface area (Å²) in [5, 5.41) is 1.12. The van der Waals surface area contributed by atoms with Crippen molar-refractivity contribution in [2.24, 2.45) is 0 Å². The zero-order valence-corrected chi connectivity index (χ0v) is 6.59. The van der Waals surface area contributed by atoms with Crippen molar-refractivity contribution in [2.75, 3.05) is 0 Å². The number of pyridine rings is 1. The topological polar surface area (TPSA) is 26.0 Å². The van der Waals surface area contributed by atoms with Crippen LogP contribution in [0.5, 0.6) is 0 Å². The van der Waals surface area contributed by atoms with Crippen molar-refractivity contribution >= 4 is 11.1 Å². The highest BCUT2D eigenvalue weighted by Crippen LogP contribution is 2.18. The number of furan rings is 1. The summed E-state index contributed by atoms with van der Waals surface area (Å²) in [4.78, 5) is 4.13. The molecule has 2 nitrogen and oxygen atoms in total. The van der Waals surface area contributed by atoms with E-state index in [0.717, 1.165) is 16.7 Å². The molecule has 0 saturated heterocycles. The molecule has 0 aliphatic rings. The third kappa shape index (κ3) is 0.909. The van der Waals surface area contributed by atoms with Crippen LogP contribution >= 0.6 is 0 Å². The van der Waals surface area contributed by atoms with Gasteiger partial charge in [0, 0.05) is 11.6 Å². The van der Waals surface area contributed by atoms with Crippen molar-refractivity contribution in [3.8, 4) is 0 Å². The SMILES string of the molecule is Cc1cnc2occ(C)c2c1. The Hall–Kier alpha value is -1.31. The maximum atomic E-state index is 5.19. The number of fused-ring (bicyclic) bond motifs is 1. The molecule has 0 atom stereocenters. The molecule has 0 N–H and O–H groups in total. The van der Waals surface area contributed by atoms with E-state index in [0.29, 0.717) is 0 Å². The Morgan fingerprint density at radius 1 is 1.36 bits per heavy atom. The lowest BCUT2D eigenvalue weighted by atomic mass is 10.2. The lowest BCUT2D eigenvalue weighted by Gasteiger charge is -1.90. The van der Waals surface area contributed by atoms with Gasteiger partial charge in [0.2, 0.25) is 5.71 Å². The Morgan fingerprint density at radius 3 is 3.00 bits per heavy atom. The summed E-state index contributed by atoms with van der Waals surface area (Å²) in [5.74, 6) is 0. The standard InChI is InChI=1S/C9H9NO/c1-6-3-8-7(2)5-11-9(8)10-4-6/h3-5H,1-2H3. The summed E-state index contributed by atoms with van der Waals surface area (Å²) in [6, 6.07) is 2.08. The average Bonchev–Trinajstić information content (AvgIpc) is 2.33. The highest BCUT2D eigenvalue weighted by atomic mass is 16.3. The molecule has 0 amide bonds. The second kappa shape index (κ2) is 2.09. The van der Waals surface area contributed by atoms with E-state index in [2.05, 4.69) is 11.1 Å². The highest BCUT2D eigenvalue weighted by molar-refractivity contribution is 5.77. The second-order valence-corrected chi connectivity index (χ2v) is 2.78. The third-order valence-electron chi connectivity index (χ3n) is 1.76. The first-order valence-corrected chi connectivity index (χ1v) is 3.58. The molecule has 0 aliphatic heterocycles. The molecular formula is C9H9NO. The van der Waals surface area contributed by atoms with E-state index in [9.17, 15) is 0 Å². The van der Waals surface area contributed by atoms with Crippen LogP contribution in [0, 0.1) is 13.8 Å². The van der Waals surface area contributed by atoms with Crippen LogP contribution in [-0.4, -0.2) is 4.98 Å². The molecule has 0 spiro atoms. The van der Waals surface area contributed by atoms with Gasteiger partial charge in [-0.25, -0.2) is 4.98 Å². The minimum atomic E-state index is 0.730. The van der Waals surface area contributed by atoms with Gasteiger partial charge in [-0.3, -0.25) is 0 Å². The fourth-order valence-electron chi connectivity index (χ4n) is 1.14. The van der Waals surface area contributed by atoms with E-state index in [-0.39, 0.29) is 0 Å². The van der Waals surface area contributed by atoms with Crippen LogP contribution in [0.15, 0.2) is 22.9 Å². The Balaban J connectivity index is 2.87. The van der Waals surface area contributed by atoms with E-state index in [1.807, 2.05) is 20.0 Å². The van der Waals surface area contributed by atoms with Gasteiger partial charge in [0.25, 0.3) is 0 Å². The molecule has 0 bridgehead atoms. The number of aromatic nitrogens is 1. The number of rotatable bonds is 0. The molecule has 0 saturated carbocycles. The van der Waals surface area contributed by atoms with Gasteiger partial charge in [0.15, 0.2) is 0 Å². The van der Waals surface area contributed by atoms with Gasteiger partial charge in [-0.1, -0.05) is 0 Å². The van der Waals surface area contributed by atoms with Crippen LogP contribution in [0.3, 0.4) is 0 Å². The van der Waals surface area contributed by atoms with Crippen LogP contribution < -0.4 is 0 Å². The predicted octanol–water partition coefficient (Wildman–Crippen LogP) is 2.44. The van der Waals surface area contributed by atoms with Crippen LogP contribution in [-0.2, 0) is 0 Å². The van der Waals surface area contributed by atoms with E-state index in [4.69, 9.17) is 4.42 Å². The van der Waals surface area contributed by atoms with Crippen molar-refractivity contribution < 1.29 is 4.42 Å². The summed E-state index contributed by atoms with van der Waals surface area (Å²) < 4.78 is 5.19. The van der Waals surface area contributed by atoms with E-state index in [1.165, 1.54) is 5.56 Å². The minimum Gasteiger partial charge on any atom is -0.446 e. The first-order valence-electron chi connectivity index (χ1n) is 3.58. The molecule has 2 heteroatoms. The number of hydrogen-bond acceptors (Lipinski definition) is 2. The Kier molecular flexibility index (Phi) is 1.22. The zero-order valence-electron chi connectivity index (χ0n) is 6.59. The van der Waals surface area contributed by atoms with Crippen LogP contribution in [0.4, 0.5) is 0 Å². The predicted molar refractivity (Wildman–Crippen MR) is 43.5 cm³/mol. The van der Waals surface area contributed by atoms with Gasteiger partial charge in [0.1, 0.15) is 0 Å². The Labute approximate surface area is 64.9 Å². The fraction of sp³-hybridized carbons (Fsp3) is 0.222. The molecule has 0 aliphatic carbocycles. The second-order valence-electron chi connectivity index (χ2n) is 2.78. The van der Waals surface area contributed by atoms with Gasteiger partial charge >= 0.3 is 0 Å². The lowest BCUT2D eigenvalue weighted by molar-refractivity contribution is 0.600. The number of nitrogens with zero attached hydrogens (tertiary/aromatic N) is 1. The number of hydrogen-bond donors (Lipinski definition) is 0. The van der Waals surface area contributed by atoms with Crippen LogP contribution in [0.25, 0.3) is 11.1 Å². The summed E-state index contributed by atoms with van der Waals surface area (Å²) in [6.07, 6.45) is 3.54. The smallest absolute Gasteiger partial charge is 0.226 e. The molecule has 0 aromatic carbocycles. The largest absolute Gasteiger partial charge is 0.446 e. The van der Waals surface area contributed by atoms with E-state index >= 15 is 0 Å². The van der Waals surface area contributed by atoms with Crippen molar-refractivity contribution in [3.63, 3.8) is 0 Å². The summed E-state index contributed by atoms with van der Waals surface area (Å²) in [6.45, 7) is 4.05. The molecule has 2 rings (SSSR count). The Bertz CT molecular complexity index is 389. The fourth-order valence-corrected chi connectivity index (χ4v) is 1.14. The van der Waals surface area contributed by atoms with Crippen molar-refractivity contribution in [2.45, 2.75) is 13.8 Å². The van der Waals surface area contributed by atoms with Crippen LogP contribution in [0.1, 0.15) is 11.1 Å². The molecule has 11 heavy (non-hydrogen) atoms. The van der Waals surface area contributed by atoms with Crippen molar-refractivity contribution in [1.82, 2.24) is 4.98 Å². The Morgan fingerprint density at radius 2 is 2.18 bits per heavy atom. The highest BCUT2D eigenvalue weighted by Gasteiger charge is 2.01. The van der Waals surface area contributed by atoms with Crippen LogP contribution in [0.2, 0.25) is 0 Å². The van der Waals surface area contributed by atoms with Crippen molar-refractivity contribution in [3.05, 3.63) is 29.7 Å². The van der Waals surface area contributed by atoms with Gasteiger partial charge in [0.05, 0.1) is 6.26 Å². The van der Waals surface area contributed by atoms with E-state index < -0.39 is 0 Å². The molecule has 0 radical (unpaired) electrons.